The fourth-order valence-corrected chi connectivity index (χ4v) is 12.7. The Balaban J connectivity index is 1.32. The highest BCUT2D eigenvalue weighted by atomic mass is 16.6. The molecule has 8 heteroatoms. The molecule has 0 aromatic carbocycles. The van der Waals surface area contributed by atoms with Crippen LogP contribution in [-0.2, 0) is 19.0 Å². The molecular weight excluding hydrogens is 522 g/mol. The van der Waals surface area contributed by atoms with Crippen LogP contribution < -0.4 is 5.73 Å². The van der Waals surface area contributed by atoms with Gasteiger partial charge in [-0.2, -0.15) is 0 Å². The van der Waals surface area contributed by atoms with Crippen molar-refractivity contribution in [2.45, 2.75) is 143 Å². The molecule has 5 aliphatic carbocycles. The molecule has 0 bridgehead atoms. The minimum absolute atomic E-state index is 0.0819. The summed E-state index contributed by atoms with van der Waals surface area (Å²) in [7, 11) is 0. The molecular formula is C33H53NO7. The minimum Gasteiger partial charge on any atom is -0.457 e. The van der Waals surface area contributed by atoms with Crippen molar-refractivity contribution in [1.82, 2.24) is 0 Å². The molecule has 0 unspecified atom stereocenters. The summed E-state index contributed by atoms with van der Waals surface area (Å²) in [6.45, 7) is 16.2. The molecule has 1 saturated heterocycles. The van der Waals surface area contributed by atoms with Crippen molar-refractivity contribution < 1.29 is 34.0 Å². The predicted octanol–water partition coefficient (Wildman–Crippen LogP) is 4.97. The fourth-order valence-electron chi connectivity index (χ4n) is 12.7. The monoisotopic (exact) mass is 575 g/mol. The van der Waals surface area contributed by atoms with Gasteiger partial charge in [-0.25, -0.2) is 4.79 Å². The van der Waals surface area contributed by atoms with Crippen molar-refractivity contribution in [1.29, 1.82) is 0 Å². The zero-order valence-corrected chi connectivity index (χ0v) is 26.4. The first-order chi connectivity index (χ1) is 18.9. The molecule has 6 rings (SSSR count). The number of primary amides is 1. The van der Waals surface area contributed by atoms with Crippen LogP contribution in [0.4, 0.5) is 4.79 Å². The summed E-state index contributed by atoms with van der Waals surface area (Å²) in [6, 6.07) is 0. The third kappa shape index (κ3) is 3.68. The zero-order valence-electron chi connectivity index (χ0n) is 26.4. The molecule has 0 aromatic heterocycles. The second-order valence-corrected chi connectivity index (χ2v) is 16.7. The smallest absolute Gasteiger partial charge is 0.404 e. The van der Waals surface area contributed by atoms with Crippen molar-refractivity contribution in [3.63, 3.8) is 0 Å². The van der Waals surface area contributed by atoms with Gasteiger partial charge in [-0.15, -0.1) is 0 Å². The maximum atomic E-state index is 12.4. The maximum Gasteiger partial charge on any atom is 0.404 e. The van der Waals surface area contributed by atoms with Crippen LogP contribution in [0.5, 0.6) is 0 Å². The lowest BCUT2D eigenvalue weighted by atomic mass is 9.41. The molecule has 1 heterocycles. The zero-order chi connectivity index (χ0) is 30.1. The number of amides is 1. The van der Waals surface area contributed by atoms with Gasteiger partial charge >= 0.3 is 12.1 Å². The number of hydrogen-bond donors (Lipinski definition) is 3. The van der Waals surface area contributed by atoms with Crippen LogP contribution in [0.2, 0.25) is 0 Å². The summed E-state index contributed by atoms with van der Waals surface area (Å²) in [4.78, 5) is 23.7. The van der Waals surface area contributed by atoms with Crippen LogP contribution in [0.25, 0.3) is 0 Å². The van der Waals surface area contributed by atoms with E-state index >= 15 is 0 Å². The van der Waals surface area contributed by atoms with Crippen LogP contribution in [0, 0.1) is 50.7 Å². The first-order valence-electron chi connectivity index (χ1n) is 16.1. The average Bonchev–Trinajstić information content (AvgIpc) is 3.48. The van der Waals surface area contributed by atoms with Gasteiger partial charge in [-0.3, -0.25) is 4.79 Å². The Morgan fingerprint density at radius 1 is 1.02 bits per heavy atom. The van der Waals surface area contributed by atoms with E-state index in [4.69, 9.17) is 19.9 Å². The molecule has 8 nitrogen and oxygen atoms in total. The Hall–Kier alpha value is -1.38. The third-order valence-corrected chi connectivity index (χ3v) is 14.4. The number of carbonyl (C=O) groups excluding carboxylic acids is 2. The topological polar surface area (TPSA) is 128 Å². The maximum absolute atomic E-state index is 12.4. The summed E-state index contributed by atoms with van der Waals surface area (Å²) in [5.41, 5.74) is 4.10. The highest BCUT2D eigenvalue weighted by Crippen LogP contribution is 2.89. The molecule has 0 aromatic rings. The van der Waals surface area contributed by atoms with Crippen LogP contribution in [0.1, 0.15) is 107 Å². The van der Waals surface area contributed by atoms with Gasteiger partial charge in [-0.05, 0) is 105 Å². The summed E-state index contributed by atoms with van der Waals surface area (Å²) < 4.78 is 18.1. The number of esters is 1. The molecule has 1 aliphatic heterocycles. The van der Waals surface area contributed by atoms with Crippen molar-refractivity contribution in [3.8, 4) is 0 Å². The Labute approximate surface area is 245 Å². The number of hydrogen-bond acceptors (Lipinski definition) is 7. The quantitative estimate of drug-likeness (QED) is 0.404. The molecule has 41 heavy (non-hydrogen) atoms. The Kier molecular flexibility index (Phi) is 6.40. The lowest BCUT2D eigenvalue weighted by molar-refractivity contribution is -0.216. The number of aliphatic hydroxyl groups excluding tert-OH is 1. The van der Waals surface area contributed by atoms with Crippen LogP contribution in [0.3, 0.4) is 0 Å². The van der Waals surface area contributed by atoms with Crippen molar-refractivity contribution in [3.05, 3.63) is 0 Å². The van der Waals surface area contributed by atoms with E-state index in [-0.39, 0.29) is 51.1 Å². The number of carbonyl (C=O) groups is 2. The molecule has 1 amide bonds. The van der Waals surface area contributed by atoms with E-state index in [1.807, 2.05) is 0 Å². The van der Waals surface area contributed by atoms with Crippen molar-refractivity contribution >= 4 is 12.1 Å². The molecule has 6 fully saturated rings. The fraction of sp³-hybridized carbons (Fsp3) is 0.939. The SMILES string of the molecule is CC(=O)O[C@@H]([C@@H]1C[C@@H](C)[C@H]2[C@H](O1)[C@H](O)[C@@]1(C)[C@@H]3CC[C@H]4C(C)(C)[C@@H](OC(N)=O)CC[C@@]45C[C@@]35CC[C@]21C)C(C)(C)O. The van der Waals surface area contributed by atoms with Gasteiger partial charge < -0.3 is 30.2 Å². The van der Waals surface area contributed by atoms with E-state index in [2.05, 4.69) is 34.6 Å². The summed E-state index contributed by atoms with van der Waals surface area (Å²) in [5, 5.41) is 23.3. The van der Waals surface area contributed by atoms with Gasteiger partial charge in [0.25, 0.3) is 0 Å². The van der Waals surface area contributed by atoms with E-state index in [1.165, 1.54) is 19.8 Å². The highest BCUT2D eigenvalue weighted by Gasteiger charge is 2.84. The van der Waals surface area contributed by atoms with Gasteiger partial charge in [0.1, 0.15) is 6.10 Å². The highest BCUT2D eigenvalue weighted by molar-refractivity contribution is 5.66. The molecule has 6 aliphatic rings. The van der Waals surface area contributed by atoms with E-state index in [1.54, 1.807) is 13.8 Å². The third-order valence-electron chi connectivity index (χ3n) is 14.4. The van der Waals surface area contributed by atoms with E-state index < -0.39 is 36.0 Å². The number of fused-ring (bicyclic) bond motifs is 4. The first-order valence-corrected chi connectivity index (χ1v) is 16.1. The average molecular weight is 576 g/mol. The number of aliphatic hydroxyl groups is 2. The molecule has 13 atom stereocenters. The van der Waals surface area contributed by atoms with E-state index in [0.29, 0.717) is 18.3 Å². The summed E-state index contributed by atoms with van der Waals surface area (Å²) >= 11 is 0. The normalized spacial score (nSPS) is 52.0. The van der Waals surface area contributed by atoms with Gasteiger partial charge in [-0.1, -0.05) is 34.6 Å². The van der Waals surface area contributed by atoms with Crippen molar-refractivity contribution in [2.75, 3.05) is 0 Å². The van der Waals surface area contributed by atoms with E-state index in [0.717, 1.165) is 32.1 Å². The molecule has 4 N–H and O–H groups in total. The summed E-state index contributed by atoms with van der Waals surface area (Å²) in [6.07, 6.45) is 5.02. The van der Waals surface area contributed by atoms with E-state index in [9.17, 15) is 19.8 Å². The van der Waals surface area contributed by atoms with Crippen LogP contribution in [-0.4, -0.2) is 58.4 Å². The number of rotatable bonds is 4. The van der Waals surface area contributed by atoms with Gasteiger partial charge in [0.05, 0.1) is 23.9 Å². The lowest BCUT2D eigenvalue weighted by Crippen LogP contribution is -2.60. The second kappa shape index (κ2) is 8.84. The standard InChI is InChI=1S/C33H53NO7/c1-17-15-19(26(29(5,6)38)39-18(2)35)40-24-23(17)30(7)13-14-33-16-32(33)12-11-22(41-27(34)37)28(3,4)20(32)9-10-21(33)31(30,8)25(24)36/h17,19-26,36,38H,9-16H2,1-8H3,(H2,34,37)/t17-,19+,20+,21+,22+,23+,24+,25+,26+,30-,31-,32-,33+/m1/s1. The van der Waals surface area contributed by atoms with Gasteiger partial charge in [0.2, 0.25) is 0 Å². The largest absolute Gasteiger partial charge is 0.457 e. The molecule has 232 valence electrons. The number of nitrogens with two attached hydrogens (primary N) is 1. The minimum atomic E-state index is -1.26. The Bertz CT molecular complexity index is 1120. The Morgan fingerprint density at radius 3 is 2.27 bits per heavy atom. The molecule has 2 spiro atoms. The Morgan fingerprint density at radius 2 is 1.66 bits per heavy atom. The van der Waals surface area contributed by atoms with Crippen molar-refractivity contribution in [2.24, 2.45) is 56.5 Å². The second-order valence-electron chi connectivity index (χ2n) is 16.7. The molecule has 5 saturated carbocycles. The summed E-state index contributed by atoms with van der Waals surface area (Å²) in [5.74, 6) is 0.863. The molecule has 0 radical (unpaired) electrons. The van der Waals surface area contributed by atoms with Crippen LogP contribution in [0.15, 0.2) is 0 Å². The number of ether oxygens (including phenoxy) is 3. The predicted molar refractivity (Wildman–Crippen MR) is 152 cm³/mol. The lowest BCUT2D eigenvalue weighted by Gasteiger charge is -2.63. The van der Waals surface area contributed by atoms with Gasteiger partial charge in [0.15, 0.2) is 6.10 Å². The first kappa shape index (κ1) is 29.7. The van der Waals surface area contributed by atoms with Gasteiger partial charge in [0, 0.05) is 17.8 Å². The van der Waals surface area contributed by atoms with Crippen LogP contribution >= 0.6 is 0 Å².